The van der Waals surface area contributed by atoms with Crippen molar-refractivity contribution in [3.8, 4) is 5.88 Å². The summed E-state index contributed by atoms with van der Waals surface area (Å²) in [6, 6.07) is 15.1. The van der Waals surface area contributed by atoms with Crippen LogP contribution in [0, 0.1) is 0 Å². The maximum absolute atomic E-state index is 11.9. The molecule has 4 aromatic rings. The lowest BCUT2D eigenvalue weighted by molar-refractivity contribution is 0.295. The van der Waals surface area contributed by atoms with E-state index in [-0.39, 0.29) is 12.2 Å². The van der Waals surface area contributed by atoms with Crippen molar-refractivity contribution in [1.29, 1.82) is 0 Å². The molecule has 0 bridgehead atoms. The van der Waals surface area contributed by atoms with Crippen LogP contribution < -0.4 is 10.4 Å². The number of aromatic nitrogens is 2. The highest BCUT2D eigenvalue weighted by atomic mass is 16.5. The molecule has 2 aromatic carbocycles. The van der Waals surface area contributed by atoms with Crippen LogP contribution in [0.4, 0.5) is 0 Å². The van der Waals surface area contributed by atoms with E-state index in [4.69, 9.17) is 9.15 Å². The van der Waals surface area contributed by atoms with E-state index < -0.39 is 0 Å². The quantitative estimate of drug-likeness (QED) is 0.531. The Morgan fingerprint density at radius 2 is 1.96 bits per heavy atom. The largest absolute Gasteiger partial charge is 0.471 e. The number of benzene rings is 2. The lowest BCUT2D eigenvalue weighted by Crippen LogP contribution is -2.05. The summed E-state index contributed by atoms with van der Waals surface area (Å²) >= 11 is 0. The minimum absolute atomic E-state index is 0.219. The van der Waals surface area contributed by atoms with Gasteiger partial charge >= 0.3 is 5.63 Å². The first-order chi connectivity index (χ1) is 12.2. The molecule has 0 unspecified atom stereocenters. The van der Waals surface area contributed by atoms with Gasteiger partial charge in [0.1, 0.15) is 12.2 Å². The van der Waals surface area contributed by atoms with Crippen LogP contribution in [0.2, 0.25) is 0 Å². The zero-order valence-corrected chi connectivity index (χ0v) is 13.7. The number of aryl methyl sites for hydroxylation is 1. The van der Waals surface area contributed by atoms with Crippen LogP contribution >= 0.6 is 0 Å². The molecule has 0 amide bonds. The summed E-state index contributed by atoms with van der Waals surface area (Å²) in [5.74, 6) is 0.449. The highest BCUT2D eigenvalue weighted by molar-refractivity contribution is 5.86. The fourth-order valence-corrected chi connectivity index (χ4v) is 2.87. The molecule has 0 saturated heterocycles. The van der Waals surface area contributed by atoms with E-state index in [2.05, 4.69) is 17.1 Å². The molecule has 5 heteroatoms. The molecule has 0 fully saturated rings. The second-order valence-electron chi connectivity index (χ2n) is 5.80. The SMILES string of the molecule is CCc1ccc2c(COc3nncc4ccccc34)cc(=O)oc2c1. The van der Waals surface area contributed by atoms with Gasteiger partial charge in [0.05, 0.1) is 6.20 Å². The smallest absolute Gasteiger partial charge is 0.336 e. The normalized spacial score (nSPS) is 11.1. The van der Waals surface area contributed by atoms with E-state index in [1.807, 2.05) is 42.5 Å². The zero-order valence-electron chi connectivity index (χ0n) is 13.7. The van der Waals surface area contributed by atoms with Crippen molar-refractivity contribution in [1.82, 2.24) is 10.2 Å². The van der Waals surface area contributed by atoms with E-state index in [1.54, 1.807) is 6.20 Å². The van der Waals surface area contributed by atoms with Crippen LogP contribution in [0.3, 0.4) is 0 Å². The molecule has 0 atom stereocenters. The number of rotatable bonds is 4. The Kier molecular flexibility index (Phi) is 3.90. The first-order valence-corrected chi connectivity index (χ1v) is 8.13. The van der Waals surface area contributed by atoms with E-state index in [0.717, 1.165) is 33.7 Å². The van der Waals surface area contributed by atoms with Crippen molar-refractivity contribution in [2.45, 2.75) is 20.0 Å². The van der Waals surface area contributed by atoms with Crippen LogP contribution in [0.1, 0.15) is 18.1 Å². The summed E-state index contributed by atoms with van der Waals surface area (Å²) in [7, 11) is 0. The lowest BCUT2D eigenvalue weighted by Gasteiger charge is -2.09. The highest BCUT2D eigenvalue weighted by Crippen LogP contribution is 2.24. The van der Waals surface area contributed by atoms with Crippen molar-refractivity contribution in [3.05, 3.63) is 76.3 Å². The van der Waals surface area contributed by atoms with Crippen molar-refractivity contribution in [2.24, 2.45) is 0 Å². The first kappa shape index (κ1) is 15.3. The van der Waals surface area contributed by atoms with Crippen LogP contribution in [0.15, 0.2) is 63.9 Å². The fraction of sp³-hybridized carbons (Fsp3) is 0.150. The van der Waals surface area contributed by atoms with Gasteiger partial charge in [0.2, 0.25) is 5.88 Å². The summed E-state index contributed by atoms with van der Waals surface area (Å²) in [5.41, 5.74) is 2.08. The number of ether oxygens (including phenoxy) is 1. The Bertz CT molecular complexity index is 1110. The van der Waals surface area contributed by atoms with Crippen molar-refractivity contribution in [2.75, 3.05) is 0 Å². The highest BCUT2D eigenvalue weighted by Gasteiger charge is 2.09. The monoisotopic (exact) mass is 332 g/mol. The molecule has 5 nitrogen and oxygen atoms in total. The van der Waals surface area contributed by atoms with E-state index in [9.17, 15) is 4.79 Å². The molecule has 25 heavy (non-hydrogen) atoms. The van der Waals surface area contributed by atoms with Gasteiger partial charge in [-0.2, -0.15) is 5.10 Å². The molecule has 2 heterocycles. The van der Waals surface area contributed by atoms with Gasteiger partial charge in [0.25, 0.3) is 0 Å². The molecular formula is C20H16N2O3. The van der Waals surface area contributed by atoms with Gasteiger partial charge in [-0.25, -0.2) is 4.79 Å². The van der Waals surface area contributed by atoms with Gasteiger partial charge in [-0.3, -0.25) is 0 Å². The van der Waals surface area contributed by atoms with Crippen LogP contribution in [0.25, 0.3) is 21.7 Å². The van der Waals surface area contributed by atoms with Gasteiger partial charge in [-0.15, -0.1) is 5.10 Å². The maximum Gasteiger partial charge on any atom is 0.336 e. The average Bonchev–Trinajstić information content (AvgIpc) is 2.65. The Balaban J connectivity index is 1.72. The molecule has 0 aliphatic carbocycles. The minimum atomic E-state index is -0.386. The lowest BCUT2D eigenvalue weighted by atomic mass is 10.1. The molecule has 0 aliphatic heterocycles. The third-order valence-electron chi connectivity index (χ3n) is 4.20. The van der Waals surface area contributed by atoms with Gasteiger partial charge in [0.15, 0.2) is 0 Å². The molecule has 0 aliphatic rings. The van der Waals surface area contributed by atoms with Crippen molar-refractivity contribution >= 4 is 21.7 Å². The van der Waals surface area contributed by atoms with Gasteiger partial charge in [-0.05, 0) is 24.1 Å². The number of hydrogen-bond donors (Lipinski definition) is 0. The third-order valence-corrected chi connectivity index (χ3v) is 4.20. The van der Waals surface area contributed by atoms with E-state index in [1.165, 1.54) is 6.07 Å². The summed E-state index contributed by atoms with van der Waals surface area (Å²) in [6.45, 7) is 2.28. The van der Waals surface area contributed by atoms with E-state index >= 15 is 0 Å². The zero-order chi connectivity index (χ0) is 17.2. The Labute approximate surface area is 143 Å². The van der Waals surface area contributed by atoms with Gasteiger partial charge in [0, 0.05) is 27.8 Å². The molecule has 4 rings (SSSR count). The van der Waals surface area contributed by atoms with Crippen LogP contribution in [-0.4, -0.2) is 10.2 Å². The summed E-state index contributed by atoms with van der Waals surface area (Å²) in [6.07, 6.45) is 2.58. The standard InChI is InChI=1S/C20H16N2O3/c1-2-13-7-8-16-15(10-19(23)25-18(16)9-13)12-24-20-17-6-4-3-5-14(17)11-21-22-20/h3-11H,2,12H2,1H3. The predicted octanol–water partition coefficient (Wildman–Crippen LogP) is 3.88. The van der Waals surface area contributed by atoms with Crippen molar-refractivity contribution in [3.63, 3.8) is 0 Å². The fourth-order valence-electron chi connectivity index (χ4n) is 2.87. The Hall–Kier alpha value is -3.21. The second kappa shape index (κ2) is 6.36. The molecule has 2 aromatic heterocycles. The molecular weight excluding hydrogens is 316 g/mol. The molecule has 0 saturated carbocycles. The maximum atomic E-state index is 11.9. The van der Waals surface area contributed by atoms with Gasteiger partial charge in [-0.1, -0.05) is 37.3 Å². The van der Waals surface area contributed by atoms with Crippen LogP contribution in [0.5, 0.6) is 5.88 Å². The number of hydrogen-bond acceptors (Lipinski definition) is 5. The Morgan fingerprint density at radius 1 is 1.08 bits per heavy atom. The summed E-state index contributed by atoms with van der Waals surface area (Å²) in [4.78, 5) is 11.9. The minimum Gasteiger partial charge on any atom is -0.471 e. The van der Waals surface area contributed by atoms with E-state index in [0.29, 0.717) is 11.5 Å². The molecule has 0 spiro atoms. The molecule has 0 N–H and O–H groups in total. The van der Waals surface area contributed by atoms with Gasteiger partial charge < -0.3 is 9.15 Å². The molecule has 124 valence electrons. The third kappa shape index (κ3) is 2.96. The summed E-state index contributed by atoms with van der Waals surface area (Å²) < 4.78 is 11.2. The second-order valence-corrected chi connectivity index (χ2v) is 5.80. The Morgan fingerprint density at radius 3 is 2.84 bits per heavy atom. The summed E-state index contributed by atoms with van der Waals surface area (Å²) in [5, 5.41) is 10.8. The molecule has 0 radical (unpaired) electrons. The number of fused-ring (bicyclic) bond motifs is 2. The first-order valence-electron chi connectivity index (χ1n) is 8.13. The number of nitrogens with zero attached hydrogens (tertiary/aromatic N) is 2. The van der Waals surface area contributed by atoms with Crippen molar-refractivity contribution < 1.29 is 9.15 Å². The topological polar surface area (TPSA) is 65.2 Å². The van der Waals surface area contributed by atoms with Crippen LogP contribution in [-0.2, 0) is 13.0 Å². The average molecular weight is 332 g/mol. The predicted molar refractivity (Wildman–Crippen MR) is 95.7 cm³/mol.